The molecule has 0 aromatic heterocycles. The molecule has 1 rings (SSSR count). The fourth-order valence-corrected chi connectivity index (χ4v) is 1.69. The van der Waals surface area contributed by atoms with Crippen molar-refractivity contribution in [3.63, 3.8) is 0 Å². The molecular weight excluding hydrogens is 196 g/mol. The molecule has 0 fully saturated rings. The summed E-state index contributed by atoms with van der Waals surface area (Å²) in [4.78, 5) is 2.17. The lowest BCUT2D eigenvalue weighted by Gasteiger charge is -2.09. The van der Waals surface area contributed by atoms with Gasteiger partial charge >= 0.3 is 0 Å². The number of nitrogens with two attached hydrogens (primary N) is 1. The summed E-state index contributed by atoms with van der Waals surface area (Å²) in [5.41, 5.74) is 7.66. The molecule has 0 atom stereocenters. The number of nitrogen functional groups attached to an aromatic ring is 1. The van der Waals surface area contributed by atoms with Crippen LogP contribution in [0.15, 0.2) is 18.2 Å². The summed E-state index contributed by atoms with van der Waals surface area (Å²) in [6.45, 7) is 1.09. The van der Waals surface area contributed by atoms with E-state index in [2.05, 4.69) is 19.0 Å². The molecule has 0 heterocycles. The highest BCUT2D eigenvalue weighted by molar-refractivity contribution is 6.30. The van der Waals surface area contributed by atoms with Crippen molar-refractivity contribution in [1.82, 2.24) is 4.90 Å². The topological polar surface area (TPSA) is 29.3 Å². The normalized spacial score (nSPS) is 10.9. The van der Waals surface area contributed by atoms with E-state index in [0.717, 1.165) is 30.1 Å². The van der Waals surface area contributed by atoms with Gasteiger partial charge in [0.05, 0.1) is 0 Å². The fourth-order valence-electron chi connectivity index (χ4n) is 1.42. The second kappa shape index (κ2) is 5.23. The summed E-state index contributed by atoms with van der Waals surface area (Å²) in [5, 5.41) is 0.727. The highest BCUT2D eigenvalue weighted by Crippen LogP contribution is 2.17. The van der Waals surface area contributed by atoms with E-state index in [0.29, 0.717) is 0 Å². The van der Waals surface area contributed by atoms with Crippen molar-refractivity contribution in [2.75, 3.05) is 26.4 Å². The fraction of sp³-hybridized carbons (Fsp3) is 0.455. The molecule has 0 amide bonds. The van der Waals surface area contributed by atoms with Crippen LogP contribution in [-0.2, 0) is 6.42 Å². The number of benzene rings is 1. The number of anilines is 1. The van der Waals surface area contributed by atoms with Crippen LogP contribution in [0.25, 0.3) is 0 Å². The summed E-state index contributed by atoms with van der Waals surface area (Å²) in [7, 11) is 4.15. The molecule has 1 aromatic carbocycles. The van der Waals surface area contributed by atoms with Gasteiger partial charge in [-0.25, -0.2) is 0 Å². The SMILES string of the molecule is CN(C)CCCc1cc(N)cc(Cl)c1. The van der Waals surface area contributed by atoms with Gasteiger partial charge in [-0.05, 0) is 57.2 Å². The first-order valence-electron chi connectivity index (χ1n) is 4.77. The largest absolute Gasteiger partial charge is 0.399 e. The van der Waals surface area contributed by atoms with Gasteiger partial charge in [-0.3, -0.25) is 0 Å². The zero-order chi connectivity index (χ0) is 10.6. The minimum absolute atomic E-state index is 0.727. The van der Waals surface area contributed by atoms with Gasteiger partial charge in [0.15, 0.2) is 0 Å². The molecule has 0 saturated heterocycles. The Labute approximate surface area is 90.7 Å². The van der Waals surface area contributed by atoms with E-state index >= 15 is 0 Å². The van der Waals surface area contributed by atoms with Gasteiger partial charge in [-0.15, -0.1) is 0 Å². The first-order valence-corrected chi connectivity index (χ1v) is 5.15. The van der Waals surface area contributed by atoms with Gasteiger partial charge in [-0.2, -0.15) is 0 Å². The molecule has 78 valence electrons. The van der Waals surface area contributed by atoms with Crippen molar-refractivity contribution in [1.29, 1.82) is 0 Å². The molecule has 0 aliphatic rings. The molecule has 2 nitrogen and oxygen atoms in total. The first kappa shape index (κ1) is 11.3. The molecule has 3 heteroatoms. The molecule has 14 heavy (non-hydrogen) atoms. The van der Waals surface area contributed by atoms with Crippen LogP contribution in [0.3, 0.4) is 0 Å². The average molecular weight is 213 g/mol. The number of hydrogen-bond acceptors (Lipinski definition) is 2. The van der Waals surface area contributed by atoms with E-state index in [1.165, 1.54) is 5.56 Å². The Kier molecular flexibility index (Phi) is 4.23. The van der Waals surface area contributed by atoms with E-state index in [4.69, 9.17) is 17.3 Å². The summed E-state index contributed by atoms with van der Waals surface area (Å²) >= 11 is 5.90. The molecule has 1 aromatic rings. The van der Waals surface area contributed by atoms with Crippen LogP contribution in [0.4, 0.5) is 5.69 Å². The van der Waals surface area contributed by atoms with Gasteiger partial charge in [-0.1, -0.05) is 11.6 Å². The van der Waals surface area contributed by atoms with Crippen LogP contribution in [0.5, 0.6) is 0 Å². The van der Waals surface area contributed by atoms with Crippen molar-refractivity contribution in [3.05, 3.63) is 28.8 Å². The highest BCUT2D eigenvalue weighted by atomic mass is 35.5. The number of halogens is 1. The van der Waals surface area contributed by atoms with Crippen LogP contribution in [0, 0.1) is 0 Å². The van der Waals surface area contributed by atoms with E-state index in [1.807, 2.05) is 12.1 Å². The molecule has 0 unspecified atom stereocenters. The Morgan fingerprint density at radius 3 is 2.57 bits per heavy atom. The predicted molar refractivity (Wildman–Crippen MR) is 62.7 cm³/mol. The molecule has 0 radical (unpaired) electrons. The van der Waals surface area contributed by atoms with Gasteiger partial charge in [0.25, 0.3) is 0 Å². The minimum Gasteiger partial charge on any atom is -0.399 e. The van der Waals surface area contributed by atoms with Crippen LogP contribution >= 0.6 is 11.6 Å². The van der Waals surface area contributed by atoms with Crippen LogP contribution in [0.2, 0.25) is 5.02 Å². The van der Waals surface area contributed by atoms with Crippen molar-refractivity contribution >= 4 is 17.3 Å². The summed E-state index contributed by atoms with van der Waals surface area (Å²) in [6.07, 6.45) is 2.16. The third-order valence-electron chi connectivity index (χ3n) is 2.05. The number of aryl methyl sites for hydroxylation is 1. The standard InChI is InChI=1S/C11H17ClN2/c1-14(2)5-3-4-9-6-10(12)8-11(13)7-9/h6-8H,3-5,13H2,1-2H3. The third-order valence-corrected chi connectivity index (χ3v) is 2.27. The van der Waals surface area contributed by atoms with Gasteiger partial charge in [0, 0.05) is 10.7 Å². The maximum Gasteiger partial charge on any atom is 0.0429 e. The van der Waals surface area contributed by atoms with Crippen LogP contribution < -0.4 is 5.73 Å². The average Bonchev–Trinajstić information content (AvgIpc) is 2.01. The Morgan fingerprint density at radius 1 is 1.29 bits per heavy atom. The van der Waals surface area contributed by atoms with Crippen molar-refractivity contribution in [3.8, 4) is 0 Å². The molecule has 2 N–H and O–H groups in total. The summed E-state index contributed by atoms with van der Waals surface area (Å²) < 4.78 is 0. The quantitative estimate of drug-likeness (QED) is 0.777. The lowest BCUT2D eigenvalue weighted by atomic mass is 10.1. The Hall–Kier alpha value is -0.730. The maximum absolute atomic E-state index is 5.90. The summed E-state index contributed by atoms with van der Waals surface area (Å²) in [6, 6.07) is 5.74. The van der Waals surface area contributed by atoms with Crippen molar-refractivity contribution in [2.24, 2.45) is 0 Å². The lowest BCUT2D eigenvalue weighted by molar-refractivity contribution is 0.400. The molecule has 0 spiro atoms. The number of hydrogen-bond donors (Lipinski definition) is 1. The van der Waals surface area contributed by atoms with Gasteiger partial charge < -0.3 is 10.6 Å². The van der Waals surface area contributed by atoms with Crippen LogP contribution in [0.1, 0.15) is 12.0 Å². The monoisotopic (exact) mass is 212 g/mol. The van der Waals surface area contributed by atoms with E-state index in [9.17, 15) is 0 Å². The number of rotatable bonds is 4. The molecule has 0 bridgehead atoms. The van der Waals surface area contributed by atoms with E-state index < -0.39 is 0 Å². The Bertz CT molecular complexity index is 277. The maximum atomic E-state index is 5.90. The Balaban J connectivity index is 2.50. The highest BCUT2D eigenvalue weighted by Gasteiger charge is 1.98. The van der Waals surface area contributed by atoms with Crippen LogP contribution in [-0.4, -0.2) is 25.5 Å². The van der Waals surface area contributed by atoms with Gasteiger partial charge in [0.1, 0.15) is 0 Å². The Morgan fingerprint density at radius 2 is 2.00 bits per heavy atom. The lowest BCUT2D eigenvalue weighted by Crippen LogP contribution is -2.13. The zero-order valence-corrected chi connectivity index (χ0v) is 9.51. The minimum atomic E-state index is 0.727. The van der Waals surface area contributed by atoms with E-state index in [1.54, 1.807) is 6.07 Å². The second-order valence-electron chi connectivity index (χ2n) is 3.80. The number of nitrogens with zero attached hydrogens (tertiary/aromatic N) is 1. The third kappa shape index (κ3) is 3.99. The van der Waals surface area contributed by atoms with Crippen molar-refractivity contribution < 1.29 is 0 Å². The molecule has 0 saturated carbocycles. The second-order valence-corrected chi connectivity index (χ2v) is 4.24. The van der Waals surface area contributed by atoms with Gasteiger partial charge in [0.2, 0.25) is 0 Å². The smallest absolute Gasteiger partial charge is 0.0429 e. The first-order chi connectivity index (χ1) is 6.58. The van der Waals surface area contributed by atoms with E-state index in [-0.39, 0.29) is 0 Å². The predicted octanol–water partition coefficient (Wildman–Crippen LogP) is 2.42. The van der Waals surface area contributed by atoms with Crippen molar-refractivity contribution in [2.45, 2.75) is 12.8 Å². The molecule has 0 aliphatic heterocycles. The molecule has 0 aliphatic carbocycles. The zero-order valence-electron chi connectivity index (χ0n) is 8.76. The summed E-state index contributed by atoms with van der Waals surface area (Å²) in [5.74, 6) is 0. The molecular formula is C11H17ClN2.